The van der Waals surface area contributed by atoms with Crippen molar-refractivity contribution in [1.82, 2.24) is 26.6 Å². The normalized spacial score (nSPS) is 11.8. The average Bonchev–Trinajstić information content (AvgIpc) is 3.32. The number of amides is 5. The highest BCUT2D eigenvalue weighted by atomic mass is 16.5. The molecule has 0 aliphatic rings. The summed E-state index contributed by atoms with van der Waals surface area (Å²) >= 11 is 0. The van der Waals surface area contributed by atoms with Crippen molar-refractivity contribution in [2.24, 2.45) is 5.73 Å². The molecule has 0 unspecified atom stereocenters. The molecular weight excluding hydrogens is 845 g/mol. The lowest BCUT2D eigenvalue weighted by Crippen LogP contribution is -2.53. The molecule has 4 rings (SSSR count). The molecule has 0 heterocycles. The van der Waals surface area contributed by atoms with E-state index in [0.717, 1.165) is 0 Å². The lowest BCUT2D eigenvalue weighted by atomic mass is 10.1. The summed E-state index contributed by atoms with van der Waals surface area (Å²) in [5.41, 5.74) is 8.06. The molecule has 0 bridgehead atoms. The van der Waals surface area contributed by atoms with Crippen LogP contribution in [0.5, 0.6) is 0 Å². The molecule has 3 atom stereocenters. The Bertz CT molecular complexity index is 2210. The molecule has 0 aromatic heterocycles. The highest BCUT2D eigenvalue weighted by molar-refractivity contribution is 5.96. The maximum Gasteiger partial charge on any atom is 0.329 e. The zero-order valence-corrected chi connectivity index (χ0v) is 35.2. The lowest BCUT2D eigenvalue weighted by Gasteiger charge is -2.20. The van der Waals surface area contributed by atoms with Gasteiger partial charge in [0, 0.05) is 0 Å². The molecule has 0 fully saturated rings. The Kier molecular flexibility index (Phi) is 20.8. The van der Waals surface area contributed by atoms with E-state index in [-0.39, 0.29) is 26.4 Å². The Hall–Kier alpha value is -7.93. The molecule has 5 amide bonds. The number of hydrogen-bond donors (Lipinski definition) is 6. The van der Waals surface area contributed by atoms with Gasteiger partial charge in [0.15, 0.2) is 0 Å². The van der Waals surface area contributed by atoms with Crippen LogP contribution in [0.1, 0.15) is 41.5 Å². The van der Waals surface area contributed by atoms with Crippen molar-refractivity contribution in [3.63, 3.8) is 0 Å². The Morgan fingerprint density at radius 2 is 0.738 bits per heavy atom. The molecule has 4 aromatic carbocycles. The third-order valence-corrected chi connectivity index (χ3v) is 9.01. The van der Waals surface area contributed by atoms with Crippen molar-refractivity contribution >= 4 is 53.4 Å². The van der Waals surface area contributed by atoms with Gasteiger partial charge in [-0.25, -0.2) is 9.59 Å². The van der Waals surface area contributed by atoms with Crippen LogP contribution in [0.25, 0.3) is 0 Å². The zero-order chi connectivity index (χ0) is 46.8. The molecule has 19 heteroatoms. The Morgan fingerprint density at radius 1 is 0.400 bits per heavy atom. The number of benzene rings is 4. The van der Waals surface area contributed by atoms with Crippen molar-refractivity contribution in [2.75, 3.05) is 19.6 Å². The summed E-state index contributed by atoms with van der Waals surface area (Å²) in [5.74, 6) is -8.22. The summed E-state index contributed by atoms with van der Waals surface area (Å²) in [7, 11) is 0. The first-order valence-electron chi connectivity index (χ1n) is 20.3. The fourth-order valence-corrected chi connectivity index (χ4v) is 5.65. The van der Waals surface area contributed by atoms with Gasteiger partial charge in [0.25, 0.3) is 0 Å². The molecule has 0 saturated heterocycles. The van der Waals surface area contributed by atoms with Gasteiger partial charge in [-0.2, -0.15) is 0 Å². The van der Waals surface area contributed by atoms with Crippen LogP contribution < -0.4 is 32.3 Å². The Labute approximate surface area is 374 Å². The van der Waals surface area contributed by atoms with Gasteiger partial charge in [0.1, 0.15) is 44.6 Å². The number of esters is 4. The smallest absolute Gasteiger partial charge is 0.329 e. The highest BCUT2D eigenvalue weighted by Crippen LogP contribution is 2.09. The molecule has 4 aromatic rings. The van der Waals surface area contributed by atoms with Gasteiger partial charge in [-0.3, -0.25) is 33.6 Å². The van der Waals surface area contributed by atoms with E-state index < -0.39 is 110 Å². The topological polar surface area (TPSA) is 277 Å². The predicted molar refractivity (Wildman–Crippen MR) is 230 cm³/mol. The molecule has 0 aliphatic carbocycles. The van der Waals surface area contributed by atoms with E-state index in [2.05, 4.69) is 26.6 Å². The van der Waals surface area contributed by atoms with Crippen molar-refractivity contribution in [2.45, 2.75) is 63.8 Å². The lowest BCUT2D eigenvalue weighted by molar-refractivity contribution is -0.155. The van der Waals surface area contributed by atoms with Crippen molar-refractivity contribution in [3.8, 4) is 0 Å². The number of nitrogens with two attached hydrogens (primary N) is 1. The van der Waals surface area contributed by atoms with Crippen LogP contribution >= 0.6 is 0 Å². The van der Waals surface area contributed by atoms with Crippen LogP contribution in [0, 0.1) is 0 Å². The summed E-state index contributed by atoms with van der Waals surface area (Å²) in [6.45, 7) is -2.61. The van der Waals surface area contributed by atoms with Crippen molar-refractivity contribution in [1.29, 1.82) is 0 Å². The van der Waals surface area contributed by atoms with E-state index in [4.69, 9.17) is 24.7 Å². The fourth-order valence-electron chi connectivity index (χ4n) is 5.65. The first-order valence-corrected chi connectivity index (χ1v) is 20.3. The minimum Gasteiger partial charge on any atom is -0.461 e. The fraction of sp³-hybridized carbons (Fsp3) is 0.283. The van der Waals surface area contributed by atoms with Crippen LogP contribution in [-0.2, 0) is 88.5 Å². The average molecular weight is 895 g/mol. The third-order valence-electron chi connectivity index (χ3n) is 9.01. The second-order valence-electron chi connectivity index (χ2n) is 14.2. The van der Waals surface area contributed by atoms with Crippen molar-refractivity contribution < 1.29 is 62.1 Å². The van der Waals surface area contributed by atoms with E-state index in [0.29, 0.717) is 22.3 Å². The molecule has 0 radical (unpaired) electrons. The van der Waals surface area contributed by atoms with Gasteiger partial charge in [0.05, 0.1) is 38.9 Å². The number of rotatable bonds is 25. The number of ether oxygens (including phenoxy) is 4. The molecule has 65 heavy (non-hydrogen) atoms. The second kappa shape index (κ2) is 27.2. The van der Waals surface area contributed by atoms with Gasteiger partial charge >= 0.3 is 23.9 Å². The van der Waals surface area contributed by atoms with Gasteiger partial charge in [-0.05, 0) is 22.3 Å². The standard InChI is InChI=1S/C46H50N6O13/c47-24-39(54)50-35(44(59)49-26-41(56)52-37(46(61)65-30-34-19-11-4-12-20-34)23-43(58)63-28-32-15-7-2-8-16-32)21-38(53)48-25-40(55)51-36(45(60)64-29-33-17-9-3-10-18-33)22-42(57)62-27-31-13-5-1-6-14-31/h1-20,35-37H,21-30,47H2,(H,48,53)(H,49,59)(H,50,54)(H,51,55)(H,52,56)/t35-,36-,37-/m0/s1. The van der Waals surface area contributed by atoms with E-state index >= 15 is 0 Å². The van der Waals surface area contributed by atoms with E-state index in [1.54, 1.807) is 121 Å². The number of nitrogens with one attached hydrogen (secondary N) is 5. The van der Waals surface area contributed by atoms with E-state index in [1.807, 2.05) is 0 Å². The van der Waals surface area contributed by atoms with Crippen LogP contribution in [0.4, 0.5) is 0 Å². The quantitative estimate of drug-likeness (QED) is 0.0397. The number of carbonyl (C=O) groups is 9. The zero-order valence-electron chi connectivity index (χ0n) is 35.2. The van der Waals surface area contributed by atoms with Gasteiger partial charge in [-0.1, -0.05) is 121 Å². The minimum absolute atomic E-state index is 0.0913. The van der Waals surface area contributed by atoms with Gasteiger partial charge in [-0.15, -0.1) is 0 Å². The minimum atomic E-state index is -1.61. The molecule has 0 saturated carbocycles. The van der Waals surface area contributed by atoms with Crippen LogP contribution in [0.3, 0.4) is 0 Å². The molecule has 0 spiro atoms. The maximum absolute atomic E-state index is 13.2. The van der Waals surface area contributed by atoms with Crippen LogP contribution in [0.15, 0.2) is 121 Å². The monoisotopic (exact) mass is 894 g/mol. The van der Waals surface area contributed by atoms with Crippen molar-refractivity contribution in [3.05, 3.63) is 144 Å². The first-order chi connectivity index (χ1) is 31.4. The molecule has 19 nitrogen and oxygen atoms in total. The molecule has 0 aliphatic heterocycles. The summed E-state index contributed by atoms with van der Waals surface area (Å²) < 4.78 is 21.2. The van der Waals surface area contributed by atoms with E-state index in [1.165, 1.54) is 0 Å². The maximum atomic E-state index is 13.2. The van der Waals surface area contributed by atoms with E-state index in [9.17, 15) is 43.2 Å². The predicted octanol–water partition coefficient (Wildman–Crippen LogP) is 0.776. The Morgan fingerprint density at radius 3 is 1.11 bits per heavy atom. The summed E-state index contributed by atoms with van der Waals surface area (Å²) in [6, 6.07) is 30.2. The first kappa shape index (κ1) is 49.7. The summed E-state index contributed by atoms with van der Waals surface area (Å²) in [5, 5.41) is 11.5. The number of carbonyl (C=O) groups excluding carboxylic acids is 9. The highest BCUT2D eigenvalue weighted by Gasteiger charge is 2.30. The summed E-state index contributed by atoms with van der Waals surface area (Å²) in [6.07, 6.45) is -1.96. The van der Waals surface area contributed by atoms with Gasteiger partial charge < -0.3 is 51.3 Å². The Balaban J connectivity index is 1.32. The van der Waals surface area contributed by atoms with Crippen LogP contribution in [-0.4, -0.2) is 91.2 Å². The summed E-state index contributed by atoms with van der Waals surface area (Å²) in [4.78, 5) is 116. The largest absolute Gasteiger partial charge is 0.461 e. The van der Waals surface area contributed by atoms with Crippen LogP contribution in [0.2, 0.25) is 0 Å². The van der Waals surface area contributed by atoms with Gasteiger partial charge in [0.2, 0.25) is 29.5 Å². The SMILES string of the molecule is NCC(=O)N[C@@H](CC(=O)NCC(=O)N[C@@H](CC(=O)OCc1ccccc1)C(=O)OCc1ccccc1)C(=O)NCC(=O)N[C@@H](CC(=O)OCc1ccccc1)C(=O)OCc1ccccc1. The molecule has 7 N–H and O–H groups in total. The third kappa shape index (κ3) is 19.3. The number of hydrogen-bond acceptors (Lipinski definition) is 14. The molecular formula is C46H50N6O13. The second-order valence-corrected chi connectivity index (χ2v) is 14.2. The molecule has 342 valence electrons.